The van der Waals surface area contributed by atoms with Gasteiger partial charge in [0.1, 0.15) is 0 Å². The third kappa shape index (κ3) is 8.74. The molecule has 0 rings (SSSR count). The molecule has 0 aromatic carbocycles. The average Bonchev–Trinajstić information content (AvgIpc) is 1.83. The molecule has 0 aliphatic heterocycles. The molecular weight excluding hydrogens is 189 g/mol. The van der Waals surface area contributed by atoms with Gasteiger partial charge in [-0.3, -0.25) is 0 Å². The summed E-state index contributed by atoms with van der Waals surface area (Å²) in [4.78, 5) is 0. The van der Waals surface area contributed by atoms with Crippen molar-refractivity contribution in [3.05, 3.63) is 0 Å². The third-order valence-corrected chi connectivity index (χ3v) is 1.75. The first-order valence-corrected chi connectivity index (χ1v) is 3.81. The van der Waals surface area contributed by atoms with E-state index < -0.39 is 0 Å². The first-order chi connectivity index (χ1) is 3.81. The van der Waals surface area contributed by atoms with E-state index in [0.717, 1.165) is 5.92 Å². The van der Waals surface area contributed by atoms with E-state index >= 15 is 0 Å². The first-order valence-electron chi connectivity index (χ1n) is 3.81. The fourth-order valence-corrected chi connectivity index (χ4v) is 0.757. The molecule has 0 fully saturated rings. The second kappa shape index (κ2) is 8.74. The van der Waals surface area contributed by atoms with E-state index in [4.69, 9.17) is 0 Å². The summed E-state index contributed by atoms with van der Waals surface area (Å²) in [6.45, 7) is 6.85. The summed E-state index contributed by atoms with van der Waals surface area (Å²) < 4.78 is 0. The molecule has 0 spiro atoms. The second-order valence-corrected chi connectivity index (χ2v) is 2.66. The summed E-state index contributed by atoms with van der Waals surface area (Å²) >= 11 is 0. The molecule has 0 aromatic rings. The van der Waals surface area contributed by atoms with Crippen molar-refractivity contribution in [2.24, 2.45) is 5.92 Å². The van der Waals surface area contributed by atoms with Crippen molar-refractivity contribution in [3.63, 3.8) is 0 Å². The SMILES string of the molecule is CCCCC(C)CC.[Nb]. The van der Waals surface area contributed by atoms with Crippen LogP contribution in [0, 0.1) is 5.92 Å². The molecule has 1 atom stereocenters. The molecule has 0 aliphatic rings. The summed E-state index contributed by atoms with van der Waals surface area (Å²) in [5.41, 5.74) is 0. The molecule has 0 bridgehead atoms. The zero-order valence-electron chi connectivity index (χ0n) is 6.85. The Kier molecular flexibility index (Phi) is 12.1. The van der Waals surface area contributed by atoms with Gasteiger partial charge in [-0.15, -0.1) is 0 Å². The monoisotopic (exact) mass is 207 g/mol. The van der Waals surface area contributed by atoms with Crippen LogP contribution in [0.4, 0.5) is 0 Å². The van der Waals surface area contributed by atoms with Gasteiger partial charge in [0.05, 0.1) is 0 Å². The molecule has 0 saturated heterocycles. The van der Waals surface area contributed by atoms with Gasteiger partial charge in [-0.05, 0) is 5.92 Å². The second-order valence-electron chi connectivity index (χ2n) is 2.66. The fraction of sp³-hybridized carbons (Fsp3) is 1.00. The van der Waals surface area contributed by atoms with Crippen LogP contribution in [-0.4, -0.2) is 0 Å². The Morgan fingerprint density at radius 1 is 1.22 bits per heavy atom. The van der Waals surface area contributed by atoms with Gasteiger partial charge < -0.3 is 0 Å². The van der Waals surface area contributed by atoms with Crippen LogP contribution in [-0.2, 0) is 22.4 Å². The maximum Gasteiger partial charge on any atom is 0 e. The van der Waals surface area contributed by atoms with Crippen LogP contribution in [0.1, 0.15) is 46.5 Å². The van der Waals surface area contributed by atoms with Crippen LogP contribution in [0.3, 0.4) is 0 Å². The molecule has 0 saturated carbocycles. The molecule has 0 aliphatic carbocycles. The van der Waals surface area contributed by atoms with E-state index in [0.29, 0.717) is 0 Å². The Morgan fingerprint density at radius 2 is 1.78 bits per heavy atom. The largest absolute Gasteiger partial charge is 0.0654 e. The van der Waals surface area contributed by atoms with Gasteiger partial charge in [0.15, 0.2) is 0 Å². The van der Waals surface area contributed by atoms with Crippen molar-refractivity contribution < 1.29 is 22.4 Å². The molecular formula is C8H18Nb. The Morgan fingerprint density at radius 3 is 2.11 bits per heavy atom. The Balaban J connectivity index is 0. The summed E-state index contributed by atoms with van der Waals surface area (Å²) in [6, 6.07) is 0. The van der Waals surface area contributed by atoms with E-state index in [2.05, 4.69) is 20.8 Å². The van der Waals surface area contributed by atoms with Gasteiger partial charge in [0.25, 0.3) is 0 Å². The Labute approximate surface area is 74.9 Å². The maximum atomic E-state index is 2.33. The molecule has 1 unspecified atom stereocenters. The summed E-state index contributed by atoms with van der Waals surface area (Å²) in [5, 5.41) is 0. The zero-order valence-corrected chi connectivity index (χ0v) is 9.05. The minimum Gasteiger partial charge on any atom is -0.0654 e. The van der Waals surface area contributed by atoms with Crippen LogP contribution in [0.2, 0.25) is 0 Å². The van der Waals surface area contributed by atoms with Gasteiger partial charge in [-0.1, -0.05) is 46.5 Å². The normalized spacial score (nSPS) is 12.3. The van der Waals surface area contributed by atoms with Crippen molar-refractivity contribution in [2.45, 2.75) is 46.5 Å². The molecule has 1 heteroatoms. The number of hydrogen-bond donors (Lipinski definition) is 0. The van der Waals surface area contributed by atoms with Gasteiger partial charge >= 0.3 is 0 Å². The number of unbranched alkanes of at least 4 members (excludes halogenated alkanes) is 1. The minimum absolute atomic E-state index is 0. The average molecular weight is 207 g/mol. The fourth-order valence-electron chi connectivity index (χ4n) is 0.757. The van der Waals surface area contributed by atoms with Crippen LogP contribution < -0.4 is 0 Å². The van der Waals surface area contributed by atoms with Crippen LogP contribution in [0.5, 0.6) is 0 Å². The van der Waals surface area contributed by atoms with E-state index in [9.17, 15) is 0 Å². The standard InChI is InChI=1S/C8H18.Nb/c1-4-6-7-8(3)5-2;/h8H,4-7H2,1-3H3;. The molecule has 0 nitrogen and oxygen atoms in total. The molecule has 0 heterocycles. The smallest absolute Gasteiger partial charge is 0 e. The summed E-state index contributed by atoms with van der Waals surface area (Å²) in [6.07, 6.45) is 5.53. The van der Waals surface area contributed by atoms with E-state index in [-0.39, 0.29) is 22.4 Å². The van der Waals surface area contributed by atoms with Gasteiger partial charge in [-0.2, -0.15) is 0 Å². The predicted molar refractivity (Wildman–Crippen MR) is 39.0 cm³/mol. The van der Waals surface area contributed by atoms with Crippen LogP contribution >= 0.6 is 0 Å². The summed E-state index contributed by atoms with van der Waals surface area (Å²) in [7, 11) is 0. The van der Waals surface area contributed by atoms with Crippen molar-refractivity contribution in [3.8, 4) is 0 Å². The Hall–Kier alpha value is 0.740. The van der Waals surface area contributed by atoms with E-state index in [1.165, 1.54) is 25.7 Å². The maximum absolute atomic E-state index is 2.33. The third-order valence-electron chi connectivity index (χ3n) is 1.75. The van der Waals surface area contributed by atoms with Gasteiger partial charge in [0.2, 0.25) is 0 Å². The van der Waals surface area contributed by atoms with E-state index in [1.54, 1.807) is 0 Å². The van der Waals surface area contributed by atoms with Crippen molar-refractivity contribution in [1.29, 1.82) is 0 Å². The van der Waals surface area contributed by atoms with Gasteiger partial charge in [0, 0.05) is 22.4 Å². The van der Waals surface area contributed by atoms with Crippen molar-refractivity contribution in [1.82, 2.24) is 0 Å². The number of rotatable bonds is 4. The van der Waals surface area contributed by atoms with Crippen LogP contribution in [0.15, 0.2) is 0 Å². The van der Waals surface area contributed by atoms with E-state index in [1.807, 2.05) is 0 Å². The summed E-state index contributed by atoms with van der Waals surface area (Å²) in [5.74, 6) is 0.954. The van der Waals surface area contributed by atoms with Crippen LogP contribution in [0.25, 0.3) is 0 Å². The molecule has 55 valence electrons. The number of hydrogen-bond acceptors (Lipinski definition) is 0. The molecule has 0 aromatic heterocycles. The van der Waals surface area contributed by atoms with Gasteiger partial charge in [-0.25, -0.2) is 0 Å². The van der Waals surface area contributed by atoms with Crippen molar-refractivity contribution in [2.75, 3.05) is 0 Å². The first kappa shape index (κ1) is 12.4. The van der Waals surface area contributed by atoms with Crippen molar-refractivity contribution >= 4 is 0 Å². The molecule has 1 radical (unpaired) electrons. The predicted octanol–water partition coefficient (Wildman–Crippen LogP) is 3.22. The topological polar surface area (TPSA) is 0 Å². The Bertz CT molecular complexity index is 43.8. The molecule has 9 heavy (non-hydrogen) atoms. The molecule has 0 N–H and O–H groups in total. The molecule has 0 amide bonds. The minimum atomic E-state index is 0. The quantitative estimate of drug-likeness (QED) is 0.621. The zero-order chi connectivity index (χ0) is 6.41.